The SMILES string of the molecule is Cc1sc(NC(=O)C=Cc2cccs2)c(C(=O)OC(C)C)c1C. The fraction of sp³-hybridized carbons (Fsp3) is 0.294. The zero-order valence-electron chi connectivity index (χ0n) is 13.5. The molecular weight excluding hydrogens is 330 g/mol. The minimum atomic E-state index is -0.403. The molecule has 0 radical (unpaired) electrons. The van der Waals surface area contributed by atoms with Gasteiger partial charge in [-0.2, -0.15) is 0 Å². The average Bonchev–Trinajstić information content (AvgIpc) is 3.05. The Morgan fingerprint density at radius 1 is 1.30 bits per heavy atom. The third kappa shape index (κ3) is 4.53. The lowest BCUT2D eigenvalue weighted by Gasteiger charge is -2.09. The van der Waals surface area contributed by atoms with E-state index in [2.05, 4.69) is 5.32 Å². The number of thiophene rings is 2. The average molecular weight is 349 g/mol. The molecule has 0 aromatic carbocycles. The van der Waals surface area contributed by atoms with E-state index >= 15 is 0 Å². The van der Waals surface area contributed by atoms with E-state index in [4.69, 9.17) is 4.74 Å². The van der Waals surface area contributed by atoms with E-state index in [0.717, 1.165) is 15.3 Å². The minimum absolute atomic E-state index is 0.204. The molecule has 0 fully saturated rings. The lowest BCUT2D eigenvalue weighted by molar-refractivity contribution is -0.111. The van der Waals surface area contributed by atoms with Gasteiger partial charge in [0.1, 0.15) is 5.00 Å². The van der Waals surface area contributed by atoms with E-state index in [1.165, 1.54) is 17.4 Å². The molecule has 0 saturated heterocycles. The van der Waals surface area contributed by atoms with Crippen LogP contribution in [0.4, 0.5) is 5.00 Å². The molecule has 0 saturated carbocycles. The van der Waals surface area contributed by atoms with Crippen molar-refractivity contribution in [1.29, 1.82) is 0 Å². The second-order valence-corrected chi connectivity index (χ2v) is 7.48. The Balaban J connectivity index is 2.17. The molecule has 122 valence electrons. The number of anilines is 1. The Labute approximate surface area is 143 Å². The van der Waals surface area contributed by atoms with Crippen molar-refractivity contribution in [2.75, 3.05) is 5.32 Å². The van der Waals surface area contributed by atoms with Crippen molar-refractivity contribution in [1.82, 2.24) is 0 Å². The Hall–Kier alpha value is -1.92. The van der Waals surface area contributed by atoms with Gasteiger partial charge in [-0.25, -0.2) is 4.79 Å². The van der Waals surface area contributed by atoms with Crippen molar-refractivity contribution >= 4 is 45.6 Å². The largest absolute Gasteiger partial charge is 0.459 e. The van der Waals surface area contributed by atoms with Crippen LogP contribution in [0.3, 0.4) is 0 Å². The monoisotopic (exact) mass is 349 g/mol. The number of esters is 1. The van der Waals surface area contributed by atoms with Crippen LogP contribution < -0.4 is 5.32 Å². The second-order valence-electron chi connectivity index (χ2n) is 5.28. The van der Waals surface area contributed by atoms with E-state index in [9.17, 15) is 9.59 Å². The summed E-state index contributed by atoms with van der Waals surface area (Å²) in [6, 6.07) is 3.85. The predicted octanol–water partition coefficient (Wildman–Crippen LogP) is 4.64. The molecule has 0 spiro atoms. The first-order valence-electron chi connectivity index (χ1n) is 7.22. The number of amides is 1. The summed E-state index contributed by atoms with van der Waals surface area (Å²) in [6.45, 7) is 7.38. The molecule has 0 atom stereocenters. The zero-order chi connectivity index (χ0) is 17.0. The number of hydrogen-bond donors (Lipinski definition) is 1. The van der Waals surface area contributed by atoms with Crippen molar-refractivity contribution in [2.45, 2.75) is 33.8 Å². The topological polar surface area (TPSA) is 55.4 Å². The van der Waals surface area contributed by atoms with E-state index < -0.39 is 5.97 Å². The second kappa shape index (κ2) is 7.57. The number of aryl methyl sites for hydroxylation is 1. The summed E-state index contributed by atoms with van der Waals surface area (Å²) in [7, 11) is 0. The van der Waals surface area contributed by atoms with Crippen molar-refractivity contribution in [3.8, 4) is 0 Å². The molecule has 2 heterocycles. The van der Waals surface area contributed by atoms with Gasteiger partial charge in [0.15, 0.2) is 0 Å². The summed E-state index contributed by atoms with van der Waals surface area (Å²) in [6.07, 6.45) is 3.01. The number of carbonyl (C=O) groups is 2. The van der Waals surface area contributed by atoms with Gasteiger partial charge < -0.3 is 10.1 Å². The van der Waals surface area contributed by atoms with Gasteiger partial charge in [0.2, 0.25) is 5.91 Å². The molecule has 0 aliphatic rings. The molecule has 4 nitrogen and oxygen atoms in total. The maximum absolute atomic E-state index is 12.3. The van der Waals surface area contributed by atoms with Crippen LogP contribution >= 0.6 is 22.7 Å². The van der Waals surface area contributed by atoms with E-state index in [1.807, 2.05) is 31.4 Å². The summed E-state index contributed by atoms with van der Waals surface area (Å²) in [5.41, 5.74) is 1.29. The highest BCUT2D eigenvalue weighted by Gasteiger charge is 2.22. The molecule has 2 aromatic rings. The van der Waals surface area contributed by atoms with E-state index in [1.54, 1.807) is 31.3 Å². The zero-order valence-corrected chi connectivity index (χ0v) is 15.1. The van der Waals surface area contributed by atoms with Crippen LogP contribution in [0.1, 0.15) is 39.5 Å². The Morgan fingerprint density at radius 2 is 2.04 bits per heavy atom. The number of nitrogens with one attached hydrogen (secondary N) is 1. The third-order valence-electron chi connectivity index (χ3n) is 3.11. The molecular formula is C17H19NO3S2. The lowest BCUT2D eigenvalue weighted by Crippen LogP contribution is -2.15. The van der Waals surface area contributed by atoms with Crippen LogP contribution in [0, 0.1) is 13.8 Å². The molecule has 1 amide bonds. The fourth-order valence-corrected chi connectivity index (χ4v) is 3.60. The lowest BCUT2D eigenvalue weighted by atomic mass is 10.1. The summed E-state index contributed by atoms with van der Waals surface area (Å²) in [5, 5.41) is 5.27. The number of hydrogen-bond acceptors (Lipinski definition) is 5. The van der Waals surface area contributed by atoms with Gasteiger partial charge in [0.05, 0.1) is 11.7 Å². The maximum atomic E-state index is 12.3. The molecule has 0 bridgehead atoms. The van der Waals surface area contributed by atoms with Gasteiger partial charge in [0, 0.05) is 15.8 Å². The van der Waals surface area contributed by atoms with E-state index in [-0.39, 0.29) is 12.0 Å². The molecule has 0 aliphatic carbocycles. The highest BCUT2D eigenvalue weighted by molar-refractivity contribution is 7.16. The number of rotatable bonds is 5. The molecule has 2 rings (SSSR count). The van der Waals surface area contributed by atoms with Gasteiger partial charge in [0.25, 0.3) is 0 Å². The Bertz CT molecular complexity index is 727. The van der Waals surface area contributed by atoms with Crippen LogP contribution in [-0.2, 0) is 9.53 Å². The van der Waals surface area contributed by atoms with Crippen molar-refractivity contribution in [3.05, 3.63) is 44.5 Å². The first kappa shape index (κ1) is 17.4. The molecule has 6 heteroatoms. The summed E-state index contributed by atoms with van der Waals surface area (Å²) in [5.74, 6) is -0.669. The molecule has 0 unspecified atom stereocenters. The predicted molar refractivity (Wildman–Crippen MR) is 96.3 cm³/mol. The van der Waals surface area contributed by atoms with Crippen LogP contribution in [0.15, 0.2) is 23.6 Å². The maximum Gasteiger partial charge on any atom is 0.341 e. The Morgan fingerprint density at radius 3 is 2.65 bits per heavy atom. The van der Waals surface area contributed by atoms with Gasteiger partial charge in [-0.15, -0.1) is 22.7 Å². The van der Waals surface area contributed by atoms with Crippen molar-refractivity contribution in [3.63, 3.8) is 0 Å². The van der Waals surface area contributed by atoms with Gasteiger partial charge >= 0.3 is 5.97 Å². The molecule has 1 N–H and O–H groups in total. The molecule has 23 heavy (non-hydrogen) atoms. The van der Waals surface area contributed by atoms with Gasteiger partial charge in [-0.05, 0) is 50.8 Å². The summed E-state index contributed by atoms with van der Waals surface area (Å²) in [4.78, 5) is 26.3. The van der Waals surface area contributed by atoms with Crippen molar-refractivity contribution in [2.24, 2.45) is 0 Å². The smallest absolute Gasteiger partial charge is 0.341 e. The quantitative estimate of drug-likeness (QED) is 0.632. The van der Waals surface area contributed by atoms with Gasteiger partial charge in [-0.3, -0.25) is 4.79 Å². The Kier molecular flexibility index (Phi) is 5.74. The van der Waals surface area contributed by atoms with Crippen molar-refractivity contribution < 1.29 is 14.3 Å². The molecule has 0 aliphatic heterocycles. The third-order valence-corrected chi connectivity index (χ3v) is 5.07. The fourth-order valence-electron chi connectivity index (χ4n) is 1.93. The normalized spacial score (nSPS) is 11.2. The standard InChI is InChI=1S/C17H19NO3S2/c1-10(2)21-17(20)15-11(3)12(4)23-16(15)18-14(19)8-7-13-6-5-9-22-13/h5-10H,1-4H3,(H,18,19). The van der Waals surface area contributed by atoms with E-state index in [0.29, 0.717) is 10.6 Å². The highest BCUT2D eigenvalue weighted by Crippen LogP contribution is 2.33. The molecule has 2 aromatic heterocycles. The van der Waals surface area contributed by atoms with Crippen LogP contribution in [-0.4, -0.2) is 18.0 Å². The first-order chi connectivity index (χ1) is 10.9. The summed E-state index contributed by atoms with van der Waals surface area (Å²) >= 11 is 2.94. The first-order valence-corrected chi connectivity index (χ1v) is 8.91. The summed E-state index contributed by atoms with van der Waals surface area (Å²) < 4.78 is 5.27. The van der Waals surface area contributed by atoms with Gasteiger partial charge in [-0.1, -0.05) is 6.07 Å². The number of carbonyl (C=O) groups excluding carboxylic acids is 2. The van der Waals surface area contributed by atoms with Crippen LogP contribution in [0.2, 0.25) is 0 Å². The number of ether oxygens (including phenoxy) is 1. The highest BCUT2D eigenvalue weighted by atomic mass is 32.1. The van der Waals surface area contributed by atoms with Crippen LogP contribution in [0.5, 0.6) is 0 Å². The van der Waals surface area contributed by atoms with Crippen LogP contribution in [0.25, 0.3) is 6.08 Å². The minimum Gasteiger partial charge on any atom is -0.459 e.